The molecule has 0 saturated heterocycles. The Morgan fingerprint density at radius 2 is 2.18 bits per heavy atom. The highest BCUT2D eigenvalue weighted by Gasteiger charge is 2.30. The molecule has 0 aliphatic heterocycles. The van der Waals surface area contributed by atoms with E-state index < -0.39 is 0 Å². The van der Waals surface area contributed by atoms with Crippen LogP contribution in [0.25, 0.3) is 0 Å². The molecule has 0 radical (unpaired) electrons. The van der Waals surface area contributed by atoms with Crippen LogP contribution in [0, 0.1) is 9.39 Å². The molecule has 0 aromatic heterocycles. The van der Waals surface area contributed by atoms with E-state index in [0.29, 0.717) is 15.3 Å². The fourth-order valence-corrected chi connectivity index (χ4v) is 2.51. The van der Waals surface area contributed by atoms with E-state index in [1.807, 2.05) is 22.6 Å². The number of nitrogens with zero attached hydrogens (tertiary/aromatic N) is 1. The summed E-state index contributed by atoms with van der Waals surface area (Å²) in [5.74, 6) is -0.169. The largest absolute Gasteiger partial charge is 0.397 e. The van der Waals surface area contributed by atoms with Crippen molar-refractivity contribution in [2.45, 2.75) is 38.6 Å². The molecule has 0 atom stereocenters. The summed E-state index contributed by atoms with van der Waals surface area (Å²) in [4.78, 5) is 2.28. The molecule has 0 bridgehead atoms. The van der Waals surface area contributed by atoms with Gasteiger partial charge in [-0.1, -0.05) is 13.3 Å². The van der Waals surface area contributed by atoms with Crippen molar-refractivity contribution in [3.63, 3.8) is 0 Å². The van der Waals surface area contributed by atoms with E-state index in [1.165, 1.54) is 12.8 Å². The molecule has 2 nitrogen and oxygen atoms in total. The molecular formula is C13H18FIN2. The number of unbranched alkanes of at least 4 members (excludes halogenated alkanes) is 1. The first-order valence-electron chi connectivity index (χ1n) is 6.14. The average molecular weight is 348 g/mol. The number of hydrogen-bond donors (Lipinski definition) is 1. The van der Waals surface area contributed by atoms with E-state index in [1.54, 1.807) is 12.1 Å². The quantitative estimate of drug-likeness (QED) is 0.648. The Kier molecular flexibility index (Phi) is 4.12. The minimum atomic E-state index is -0.169. The summed E-state index contributed by atoms with van der Waals surface area (Å²) in [7, 11) is 0. The lowest BCUT2D eigenvalue weighted by Gasteiger charge is -2.26. The molecule has 1 aromatic carbocycles. The number of nitrogens with two attached hydrogens (primary N) is 1. The van der Waals surface area contributed by atoms with Crippen LogP contribution in [0.15, 0.2) is 12.1 Å². The first-order valence-corrected chi connectivity index (χ1v) is 7.22. The van der Waals surface area contributed by atoms with Gasteiger partial charge in [0.1, 0.15) is 5.82 Å². The summed E-state index contributed by atoms with van der Waals surface area (Å²) in [6.07, 6.45) is 4.69. The molecule has 0 spiro atoms. The zero-order valence-corrected chi connectivity index (χ0v) is 12.2. The van der Waals surface area contributed by atoms with Crippen LogP contribution in [0.2, 0.25) is 0 Å². The smallest absolute Gasteiger partial charge is 0.138 e. The van der Waals surface area contributed by atoms with Crippen molar-refractivity contribution in [1.82, 2.24) is 0 Å². The lowest BCUT2D eigenvalue weighted by molar-refractivity contribution is 0.618. The second kappa shape index (κ2) is 5.42. The van der Waals surface area contributed by atoms with Crippen molar-refractivity contribution in [3.8, 4) is 0 Å². The highest BCUT2D eigenvalue weighted by Crippen LogP contribution is 2.36. The molecule has 1 aliphatic rings. The third kappa shape index (κ3) is 3.03. The van der Waals surface area contributed by atoms with Gasteiger partial charge in [0.15, 0.2) is 0 Å². The number of anilines is 2. The molecule has 4 heteroatoms. The molecule has 17 heavy (non-hydrogen) atoms. The Morgan fingerprint density at radius 1 is 1.47 bits per heavy atom. The lowest BCUT2D eigenvalue weighted by atomic mass is 10.2. The zero-order valence-electron chi connectivity index (χ0n) is 10.0. The first-order chi connectivity index (χ1) is 8.13. The summed E-state index contributed by atoms with van der Waals surface area (Å²) in [6, 6.07) is 3.89. The number of nitrogen functional groups attached to an aromatic ring is 1. The van der Waals surface area contributed by atoms with Crippen molar-refractivity contribution in [1.29, 1.82) is 0 Å². The monoisotopic (exact) mass is 348 g/mol. The van der Waals surface area contributed by atoms with Gasteiger partial charge >= 0.3 is 0 Å². The maximum absolute atomic E-state index is 13.6. The van der Waals surface area contributed by atoms with Crippen molar-refractivity contribution < 1.29 is 4.39 Å². The van der Waals surface area contributed by atoms with E-state index in [9.17, 15) is 4.39 Å². The molecule has 1 fully saturated rings. The Hall–Kier alpha value is -0.520. The Morgan fingerprint density at radius 3 is 2.76 bits per heavy atom. The van der Waals surface area contributed by atoms with Gasteiger partial charge in [0.05, 0.1) is 14.9 Å². The minimum Gasteiger partial charge on any atom is -0.397 e. The number of benzene rings is 1. The van der Waals surface area contributed by atoms with Crippen LogP contribution < -0.4 is 10.6 Å². The van der Waals surface area contributed by atoms with E-state index in [2.05, 4.69) is 11.8 Å². The van der Waals surface area contributed by atoms with Crippen LogP contribution in [0.1, 0.15) is 32.6 Å². The number of hydrogen-bond acceptors (Lipinski definition) is 2. The Bertz CT molecular complexity index is 405. The Balaban J connectivity index is 2.25. The van der Waals surface area contributed by atoms with Crippen LogP contribution in [0.4, 0.5) is 15.8 Å². The summed E-state index contributed by atoms with van der Waals surface area (Å²) in [5, 5.41) is 0. The normalized spacial score (nSPS) is 15.0. The van der Waals surface area contributed by atoms with E-state index in [4.69, 9.17) is 5.73 Å². The molecule has 2 rings (SSSR count). The van der Waals surface area contributed by atoms with E-state index >= 15 is 0 Å². The van der Waals surface area contributed by atoms with Crippen LogP contribution in [0.3, 0.4) is 0 Å². The lowest BCUT2D eigenvalue weighted by Crippen LogP contribution is -2.27. The van der Waals surface area contributed by atoms with Gasteiger partial charge in [-0.05, 0) is 47.9 Å². The van der Waals surface area contributed by atoms with Crippen molar-refractivity contribution in [2.24, 2.45) is 0 Å². The van der Waals surface area contributed by atoms with Gasteiger partial charge in [-0.15, -0.1) is 0 Å². The molecule has 1 aromatic rings. The predicted octanol–water partition coefficient (Wildman–Crippen LogP) is 3.78. The molecule has 0 unspecified atom stereocenters. The highest BCUT2D eigenvalue weighted by atomic mass is 127. The third-order valence-electron chi connectivity index (χ3n) is 3.12. The highest BCUT2D eigenvalue weighted by molar-refractivity contribution is 14.1. The molecular weight excluding hydrogens is 330 g/mol. The van der Waals surface area contributed by atoms with Gasteiger partial charge in [-0.3, -0.25) is 0 Å². The van der Waals surface area contributed by atoms with Crippen molar-refractivity contribution in [2.75, 3.05) is 17.2 Å². The van der Waals surface area contributed by atoms with Gasteiger partial charge in [-0.2, -0.15) is 0 Å². The van der Waals surface area contributed by atoms with Crippen molar-refractivity contribution in [3.05, 3.63) is 21.5 Å². The fourth-order valence-electron chi connectivity index (χ4n) is 2.01. The number of halogens is 2. The van der Waals surface area contributed by atoms with Gasteiger partial charge in [0.25, 0.3) is 0 Å². The first kappa shape index (κ1) is 12.9. The van der Waals surface area contributed by atoms with Crippen molar-refractivity contribution >= 4 is 34.0 Å². The zero-order chi connectivity index (χ0) is 12.4. The average Bonchev–Trinajstić information content (AvgIpc) is 3.10. The summed E-state index contributed by atoms with van der Waals surface area (Å²) >= 11 is 1.98. The van der Waals surface area contributed by atoms with Crippen LogP contribution in [-0.4, -0.2) is 12.6 Å². The van der Waals surface area contributed by atoms with Crippen LogP contribution in [0.5, 0.6) is 0 Å². The van der Waals surface area contributed by atoms with Crippen LogP contribution in [-0.2, 0) is 0 Å². The molecule has 1 saturated carbocycles. The molecule has 94 valence electrons. The second-order valence-corrected chi connectivity index (χ2v) is 5.77. The van der Waals surface area contributed by atoms with Gasteiger partial charge in [0, 0.05) is 18.7 Å². The predicted molar refractivity (Wildman–Crippen MR) is 78.8 cm³/mol. The second-order valence-electron chi connectivity index (χ2n) is 4.60. The SMILES string of the molecule is CCCCN(c1cc(F)c(I)cc1N)C1CC1. The van der Waals surface area contributed by atoms with Gasteiger partial charge < -0.3 is 10.6 Å². The standard InChI is InChI=1S/C13H18FIN2/c1-2-3-6-17(9-4-5-9)13-7-10(14)11(15)8-12(13)16/h7-9H,2-6,16H2,1H3. The molecule has 2 N–H and O–H groups in total. The van der Waals surface area contributed by atoms with Gasteiger partial charge in [-0.25, -0.2) is 4.39 Å². The van der Waals surface area contributed by atoms with Gasteiger partial charge in [0.2, 0.25) is 0 Å². The molecule has 1 aliphatic carbocycles. The molecule has 0 amide bonds. The van der Waals surface area contributed by atoms with E-state index in [-0.39, 0.29) is 5.82 Å². The Labute approximate surface area is 116 Å². The summed E-state index contributed by atoms with van der Waals surface area (Å²) < 4.78 is 14.2. The van der Waals surface area contributed by atoms with E-state index in [0.717, 1.165) is 25.1 Å². The number of rotatable bonds is 5. The maximum Gasteiger partial charge on any atom is 0.138 e. The maximum atomic E-state index is 13.6. The summed E-state index contributed by atoms with van der Waals surface area (Å²) in [5.41, 5.74) is 7.58. The fraction of sp³-hybridized carbons (Fsp3) is 0.538. The molecule has 0 heterocycles. The van der Waals surface area contributed by atoms with Crippen LogP contribution >= 0.6 is 22.6 Å². The third-order valence-corrected chi connectivity index (χ3v) is 3.95. The minimum absolute atomic E-state index is 0.169. The summed E-state index contributed by atoms with van der Waals surface area (Å²) in [6.45, 7) is 3.15. The topological polar surface area (TPSA) is 29.3 Å².